The van der Waals surface area contributed by atoms with Crippen LogP contribution in [0.25, 0.3) is 0 Å². The molecule has 1 amide bonds. The van der Waals surface area contributed by atoms with E-state index in [1.807, 2.05) is 0 Å². The summed E-state index contributed by atoms with van der Waals surface area (Å²) in [5.41, 5.74) is 0.520. The summed E-state index contributed by atoms with van der Waals surface area (Å²) in [4.78, 5) is 15.6. The highest BCUT2D eigenvalue weighted by atomic mass is 32.1. The van der Waals surface area contributed by atoms with Gasteiger partial charge in [-0.2, -0.15) is 4.99 Å². The van der Waals surface area contributed by atoms with E-state index >= 15 is 0 Å². The topological polar surface area (TPSA) is 54.6 Å². The first-order valence-corrected chi connectivity index (χ1v) is 6.60. The van der Waals surface area contributed by atoms with Gasteiger partial charge in [0.1, 0.15) is 11.9 Å². The normalized spacial score (nSPS) is 13.5. The molecule has 0 fully saturated rings. The highest BCUT2D eigenvalue weighted by molar-refractivity contribution is 7.07. The Bertz CT molecular complexity index is 646. The van der Waals surface area contributed by atoms with E-state index in [0.29, 0.717) is 16.9 Å². The molecule has 0 aliphatic heterocycles. The van der Waals surface area contributed by atoms with E-state index < -0.39 is 12.0 Å². The van der Waals surface area contributed by atoms with Gasteiger partial charge in [0.05, 0.1) is 6.54 Å². The number of amides is 1. The maximum absolute atomic E-state index is 13.6. The van der Waals surface area contributed by atoms with Crippen molar-refractivity contribution >= 4 is 17.2 Å². The molecule has 0 aliphatic rings. The lowest BCUT2D eigenvalue weighted by atomic mass is 10.2. The zero-order chi connectivity index (χ0) is 13.8. The van der Waals surface area contributed by atoms with Gasteiger partial charge in [0, 0.05) is 17.1 Å². The molecular weight excluding hydrogens is 267 g/mol. The van der Waals surface area contributed by atoms with Crippen molar-refractivity contribution in [1.29, 1.82) is 0 Å². The van der Waals surface area contributed by atoms with E-state index in [0.717, 1.165) is 0 Å². The molecule has 2 rings (SSSR count). The van der Waals surface area contributed by atoms with E-state index in [9.17, 15) is 9.18 Å². The first-order valence-electron chi connectivity index (χ1n) is 5.72. The van der Waals surface area contributed by atoms with Gasteiger partial charge in [-0.3, -0.25) is 4.79 Å². The predicted molar refractivity (Wildman–Crippen MR) is 70.1 cm³/mol. The fraction of sp³-hybridized carbons (Fsp3) is 0.231. The second kappa shape index (κ2) is 5.90. The molecule has 1 unspecified atom stereocenters. The van der Waals surface area contributed by atoms with Crippen LogP contribution >= 0.6 is 11.3 Å². The number of aromatic nitrogens is 1. The lowest BCUT2D eigenvalue weighted by Gasteiger charge is -2.04. The van der Waals surface area contributed by atoms with Crippen molar-refractivity contribution in [2.24, 2.45) is 4.99 Å². The first-order chi connectivity index (χ1) is 9.08. The number of nitrogens with zero attached hydrogens (tertiary/aromatic N) is 2. The van der Waals surface area contributed by atoms with Crippen LogP contribution in [0.3, 0.4) is 0 Å². The molecule has 0 saturated carbocycles. The third-order valence-electron chi connectivity index (χ3n) is 2.52. The number of benzene rings is 1. The summed E-state index contributed by atoms with van der Waals surface area (Å²) in [6.45, 7) is 1.66. The van der Waals surface area contributed by atoms with Crippen LogP contribution in [-0.2, 0) is 11.3 Å². The number of aliphatic hydroxyl groups excluding tert-OH is 1. The molecule has 2 aromatic rings. The van der Waals surface area contributed by atoms with Gasteiger partial charge in [-0.15, -0.1) is 11.3 Å². The summed E-state index contributed by atoms with van der Waals surface area (Å²) in [5, 5.41) is 10.9. The fourth-order valence-corrected chi connectivity index (χ4v) is 2.24. The molecule has 1 atom stereocenters. The standard InChI is InChI=1S/C13H13FN2O2S/c1-9(17)12(18)15-13-16(6-7-19-13)8-10-4-2-3-5-11(10)14/h2-7,9,17H,8H2,1H3. The predicted octanol–water partition coefficient (Wildman–Crippen LogP) is 1.55. The smallest absolute Gasteiger partial charge is 0.276 e. The van der Waals surface area contributed by atoms with Crippen LogP contribution in [-0.4, -0.2) is 21.7 Å². The number of carbonyl (C=O) groups is 1. The summed E-state index contributed by atoms with van der Waals surface area (Å²) in [6.07, 6.45) is 0.592. The van der Waals surface area contributed by atoms with Crippen molar-refractivity contribution < 1.29 is 14.3 Å². The Morgan fingerprint density at radius 2 is 2.26 bits per heavy atom. The zero-order valence-corrected chi connectivity index (χ0v) is 11.1. The van der Waals surface area contributed by atoms with Crippen molar-refractivity contribution in [2.75, 3.05) is 0 Å². The molecule has 0 saturated heterocycles. The molecule has 1 aromatic carbocycles. The summed E-state index contributed by atoms with van der Waals surface area (Å²) in [6, 6.07) is 6.45. The Morgan fingerprint density at radius 3 is 2.95 bits per heavy atom. The maximum Gasteiger partial charge on any atom is 0.276 e. The van der Waals surface area contributed by atoms with Crippen molar-refractivity contribution in [3.8, 4) is 0 Å². The first kappa shape index (κ1) is 13.6. The van der Waals surface area contributed by atoms with Gasteiger partial charge >= 0.3 is 0 Å². The van der Waals surface area contributed by atoms with Gasteiger partial charge in [-0.05, 0) is 13.0 Å². The zero-order valence-electron chi connectivity index (χ0n) is 10.3. The third kappa shape index (κ3) is 3.36. The number of thiazole rings is 1. The van der Waals surface area contributed by atoms with Crippen molar-refractivity contribution in [3.05, 3.63) is 52.0 Å². The van der Waals surface area contributed by atoms with Crippen LogP contribution in [0.4, 0.5) is 4.39 Å². The number of halogens is 1. The van der Waals surface area contributed by atoms with Crippen LogP contribution in [0.1, 0.15) is 12.5 Å². The van der Waals surface area contributed by atoms with E-state index in [-0.39, 0.29) is 5.82 Å². The second-order valence-electron chi connectivity index (χ2n) is 4.03. The third-order valence-corrected chi connectivity index (χ3v) is 3.32. The molecule has 0 radical (unpaired) electrons. The quantitative estimate of drug-likeness (QED) is 0.927. The molecule has 0 spiro atoms. The average molecular weight is 280 g/mol. The van der Waals surface area contributed by atoms with E-state index in [4.69, 9.17) is 5.11 Å². The summed E-state index contributed by atoms with van der Waals surface area (Å²) in [7, 11) is 0. The van der Waals surface area contributed by atoms with Crippen LogP contribution in [0, 0.1) is 5.82 Å². The van der Waals surface area contributed by atoms with E-state index in [2.05, 4.69) is 4.99 Å². The summed E-state index contributed by atoms with van der Waals surface area (Å²) < 4.78 is 15.2. The lowest BCUT2D eigenvalue weighted by Crippen LogP contribution is -2.21. The largest absolute Gasteiger partial charge is 0.383 e. The van der Waals surface area contributed by atoms with Gasteiger partial charge in [-0.25, -0.2) is 4.39 Å². The van der Waals surface area contributed by atoms with Gasteiger partial charge in [0.2, 0.25) is 0 Å². The van der Waals surface area contributed by atoms with Crippen LogP contribution < -0.4 is 4.80 Å². The van der Waals surface area contributed by atoms with Gasteiger partial charge < -0.3 is 9.67 Å². The number of hydrogen-bond acceptors (Lipinski definition) is 3. The van der Waals surface area contributed by atoms with Crippen molar-refractivity contribution in [1.82, 2.24) is 4.57 Å². The second-order valence-corrected chi connectivity index (χ2v) is 4.90. The fourth-order valence-electron chi connectivity index (χ4n) is 1.50. The Labute approximate surface area is 113 Å². The molecular formula is C13H13FN2O2S. The lowest BCUT2D eigenvalue weighted by molar-refractivity contribution is -0.125. The molecule has 19 heavy (non-hydrogen) atoms. The number of hydrogen-bond donors (Lipinski definition) is 1. The Hall–Kier alpha value is -1.79. The number of rotatable bonds is 3. The highest BCUT2D eigenvalue weighted by Gasteiger charge is 2.08. The van der Waals surface area contributed by atoms with Gasteiger partial charge in [-0.1, -0.05) is 18.2 Å². The minimum atomic E-state index is -1.14. The Kier molecular flexibility index (Phi) is 4.24. The highest BCUT2D eigenvalue weighted by Crippen LogP contribution is 2.08. The number of aliphatic hydroxyl groups is 1. The molecule has 1 aromatic heterocycles. The molecule has 1 heterocycles. The van der Waals surface area contributed by atoms with Crippen LogP contribution in [0.5, 0.6) is 0 Å². The average Bonchev–Trinajstić information content (AvgIpc) is 2.79. The minimum Gasteiger partial charge on any atom is -0.383 e. The molecule has 0 aliphatic carbocycles. The molecule has 6 heteroatoms. The van der Waals surface area contributed by atoms with Gasteiger partial charge in [0.25, 0.3) is 5.91 Å². The molecule has 4 nitrogen and oxygen atoms in total. The monoisotopic (exact) mass is 280 g/mol. The maximum atomic E-state index is 13.6. The van der Waals surface area contributed by atoms with E-state index in [1.165, 1.54) is 24.3 Å². The molecule has 0 bridgehead atoms. The van der Waals surface area contributed by atoms with Crippen LogP contribution in [0.2, 0.25) is 0 Å². The Balaban J connectivity index is 2.31. The summed E-state index contributed by atoms with van der Waals surface area (Å²) >= 11 is 1.26. The van der Waals surface area contributed by atoms with Crippen molar-refractivity contribution in [3.63, 3.8) is 0 Å². The summed E-state index contributed by atoms with van der Waals surface area (Å²) in [5.74, 6) is -0.904. The minimum absolute atomic E-state index is 0.294. The van der Waals surface area contributed by atoms with Gasteiger partial charge in [0.15, 0.2) is 4.80 Å². The van der Waals surface area contributed by atoms with Crippen molar-refractivity contribution in [2.45, 2.75) is 19.6 Å². The van der Waals surface area contributed by atoms with E-state index in [1.54, 1.807) is 34.3 Å². The van der Waals surface area contributed by atoms with Crippen LogP contribution in [0.15, 0.2) is 40.8 Å². The SMILES string of the molecule is CC(O)C(=O)N=c1sccn1Cc1ccccc1F. The molecule has 1 N–H and O–H groups in total. The Morgan fingerprint density at radius 1 is 1.53 bits per heavy atom. The molecule has 100 valence electrons. The number of carbonyl (C=O) groups excluding carboxylic acids is 1.